The molecule has 0 amide bonds. The summed E-state index contributed by atoms with van der Waals surface area (Å²) in [5.74, 6) is 0. The van der Waals surface area contributed by atoms with Crippen LogP contribution in [0.15, 0.2) is 4.40 Å². The second-order valence-corrected chi connectivity index (χ2v) is 2.14. The minimum atomic E-state index is 1.10. The molecule has 0 spiro atoms. The highest BCUT2D eigenvalue weighted by Crippen LogP contribution is 1.96. The van der Waals surface area contributed by atoms with Crippen LogP contribution >= 0.6 is 12.8 Å². The van der Waals surface area contributed by atoms with Crippen molar-refractivity contribution in [2.24, 2.45) is 4.40 Å². The van der Waals surface area contributed by atoms with Crippen molar-refractivity contribution >= 4 is 18.5 Å². The molecular formula is C6H13NS. The van der Waals surface area contributed by atoms with Gasteiger partial charge in [0.15, 0.2) is 0 Å². The Morgan fingerprint density at radius 1 is 1.62 bits per heavy atom. The lowest BCUT2D eigenvalue weighted by atomic mass is 10.2. The Morgan fingerprint density at radius 3 is 2.62 bits per heavy atom. The highest BCUT2D eigenvalue weighted by Gasteiger charge is 1.86. The van der Waals surface area contributed by atoms with E-state index in [-0.39, 0.29) is 0 Å². The molecule has 0 aromatic heterocycles. The van der Waals surface area contributed by atoms with Gasteiger partial charge in [-0.25, -0.2) is 4.40 Å². The molecule has 0 aromatic rings. The summed E-state index contributed by atoms with van der Waals surface area (Å²) >= 11 is 3.78. The van der Waals surface area contributed by atoms with Crippen LogP contribution in [-0.4, -0.2) is 5.71 Å². The van der Waals surface area contributed by atoms with Gasteiger partial charge >= 0.3 is 0 Å². The van der Waals surface area contributed by atoms with Crippen molar-refractivity contribution in [1.82, 2.24) is 0 Å². The Labute approximate surface area is 56.7 Å². The minimum absolute atomic E-state index is 1.10. The Kier molecular flexibility index (Phi) is 5.18. The van der Waals surface area contributed by atoms with Crippen LogP contribution in [0.5, 0.6) is 0 Å². The average molecular weight is 131 g/mol. The first-order chi connectivity index (χ1) is 3.81. The van der Waals surface area contributed by atoms with E-state index in [1.165, 1.54) is 12.8 Å². The molecule has 48 valence electrons. The first-order valence-corrected chi connectivity index (χ1v) is 3.38. The van der Waals surface area contributed by atoms with E-state index < -0.39 is 0 Å². The van der Waals surface area contributed by atoms with E-state index in [1.54, 1.807) is 0 Å². The first kappa shape index (κ1) is 8.02. The van der Waals surface area contributed by atoms with E-state index in [0.29, 0.717) is 0 Å². The molecule has 0 saturated heterocycles. The number of thiol groups is 1. The Morgan fingerprint density at radius 2 is 2.25 bits per heavy atom. The SMILES string of the molecule is CCCCC(C)=NS. The van der Waals surface area contributed by atoms with Gasteiger partial charge in [0.25, 0.3) is 0 Å². The van der Waals surface area contributed by atoms with E-state index in [9.17, 15) is 0 Å². The molecule has 0 heterocycles. The summed E-state index contributed by atoms with van der Waals surface area (Å²) in [5, 5.41) is 0. The topological polar surface area (TPSA) is 12.4 Å². The van der Waals surface area contributed by atoms with E-state index in [1.807, 2.05) is 6.92 Å². The van der Waals surface area contributed by atoms with Gasteiger partial charge in [-0.05, 0) is 32.6 Å². The highest BCUT2D eigenvalue weighted by molar-refractivity contribution is 7.79. The third-order valence-corrected chi connectivity index (χ3v) is 1.40. The third kappa shape index (κ3) is 4.19. The predicted molar refractivity (Wildman–Crippen MR) is 41.6 cm³/mol. The lowest BCUT2D eigenvalue weighted by Crippen LogP contribution is -1.87. The molecule has 2 heteroatoms. The summed E-state index contributed by atoms with van der Waals surface area (Å²) in [4.78, 5) is 0. The molecule has 0 rings (SSSR count). The molecule has 0 aliphatic heterocycles. The highest BCUT2D eigenvalue weighted by atomic mass is 32.1. The zero-order valence-electron chi connectivity index (χ0n) is 5.52. The summed E-state index contributed by atoms with van der Waals surface area (Å²) in [7, 11) is 0. The molecule has 0 aromatic carbocycles. The van der Waals surface area contributed by atoms with Crippen LogP contribution in [0.4, 0.5) is 0 Å². The van der Waals surface area contributed by atoms with Gasteiger partial charge < -0.3 is 0 Å². The minimum Gasteiger partial charge on any atom is -0.229 e. The number of rotatable bonds is 3. The van der Waals surface area contributed by atoms with Crippen LogP contribution in [0.25, 0.3) is 0 Å². The fourth-order valence-corrected chi connectivity index (χ4v) is 0.583. The quantitative estimate of drug-likeness (QED) is 0.446. The fraction of sp³-hybridized carbons (Fsp3) is 0.833. The smallest absolute Gasteiger partial charge is 0.0228 e. The maximum atomic E-state index is 3.78. The maximum Gasteiger partial charge on any atom is 0.0228 e. The second kappa shape index (κ2) is 5.16. The van der Waals surface area contributed by atoms with Gasteiger partial charge in [0.2, 0.25) is 0 Å². The summed E-state index contributed by atoms with van der Waals surface area (Å²) in [6.07, 6.45) is 3.57. The van der Waals surface area contributed by atoms with Gasteiger partial charge in [-0.1, -0.05) is 13.3 Å². The Bertz CT molecular complexity index is 78.6. The average Bonchev–Trinajstić information content (AvgIpc) is 1.83. The van der Waals surface area contributed by atoms with Crippen LogP contribution in [0.3, 0.4) is 0 Å². The third-order valence-electron chi connectivity index (χ3n) is 1.06. The molecule has 0 atom stereocenters. The predicted octanol–water partition coefficient (Wildman–Crippen LogP) is 2.48. The largest absolute Gasteiger partial charge is 0.229 e. The summed E-state index contributed by atoms with van der Waals surface area (Å²) < 4.78 is 3.74. The molecule has 0 saturated carbocycles. The maximum absolute atomic E-state index is 3.78. The van der Waals surface area contributed by atoms with Crippen molar-refractivity contribution in [3.63, 3.8) is 0 Å². The van der Waals surface area contributed by atoms with E-state index in [2.05, 4.69) is 24.1 Å². The van der Waals surface area contributed by atoms with Crippen LogP contribution in [0, 0.1) is 0 Å². The normalized spacial score (nSPS) is 12.1. The van der Waals surface area contributed by atoms with Gasteiger partial charge in [-0.15, -0.1) is 0 Å². The van der Waals surface area contributed by atoms with Gasteiger partial charge in [-0.3, -0.25) is 0 Å². The molecule has 0 N–H and O–H groups in total. The molecule has 0 radical (unpaired) electrons. The standard InChI is InChI=1S/C6H13NS/c1-3-4-5-6(2)7-8/h8H,3-5H2,1-2H3. The second-order valence-electron chi connectivity index (χ2n) is 1.94. The monoisotopic (exact) mass is 131 g/mol. The van der Waals surface area contributed by atoms with Crippen LogP contribution < -0.4 is 0 Å². The molecule has 0 aliphatic carbocycles. The summed E-state index contributed by atoms with van der Waals surface area (Å²) in [6, 6.07) is 0. The molecular weight excluding hydrogens is 118 g/mol. The molecule has 0 bridgehead atoms. The van der Waals surface area contributed by atoms with Crippen molar-refractivity contribution in [1.29, 1.82) is 0 Å². The van der Waals surface area contributed by atoms with Crippen molar-refractivity contribution in [3.8, 4) is 0 Å². The van der Waals surface area contributed by atoms with Crippen molar-refractivity contribution in [2.45, 2.75) is 33.1 Å². The van der Waals surface area contributed by atoms with E-state index >= 15 is 0 Å². The van der Waals surface area contributed by atoms with Gasteiger partial charge in [0.05, 0.1) is 0 Å². The Balaban J connectivity index is 3.12. The number of hydrogen-bond acceptors (Lipinski definition) is 2. The van der Waals surface area contributed by atoms with Gasteiger partial charge in [0, 0.05) is 5.71 Å². The van der Waals surface area contributed by atoms with Gasteiger partial charge in [-0.2, -0.15) is 0 Å². The van der Waals surface area contributed by atoms with E-state index in [0.717, 1.165) is 12.1 Å². The van der Waals surface area contributed by atoms with Crippen molar-refractivity contribution < 1.29 is 0 Å². The van der Waals surface area contributed by atoms with Gasteiger partial charge in [0.1, 0.15) is 0 Å². The van der Waals surface area contributed by atoms with Crippen molar-refractivity contribution in [3.05, 3.63) is 0 Å². The van der Waals surface area contributed by atoms with Crippen LogP contribution in [-0.2, 0) is 0 Å². The zero-order chi connectivity index (χ0) is 6.41. The van der Waals surface area contributed by atoms with Crippen molar-refractivity contribution in [2.75, 3.05) is 0 Å². The molecule has 0 fully saturated rings. The summed E-state index contributed by atoms with van der Waals surface area (Å²) in [6.45, 7) is 4.18. The number of unbranched alkanes of at least 4 members (excludes halogenated alkanes) is 1. The molecule has 8 heavy (non-hydrogen) atoms. The molecule has 1 nitrogen and oxygen atoms in total. The van der Waals surface area contributed by atoms with E-state index in [4.69, 9.17) is 0 Å². The Hall–Kier alpha value is 0.0200. The fourth-order valence-electron chi connectivity index (χ4n) is 0.483. The van der Waals surface area contributed by atoms with Crippen LogP contribution in [0.1, 0.15) is 33.1 Å². The molecule has 0 unspecified atom stereocenters. The number of hydrogen-bond donors (Lipinski definition) is 1. The number of nitrogens with zero attached hydrogens (tertiary/aromatic N) is 1. The first-order valence-electron chi connectivity index (χ1n) is 2.98. The summed E-state index contributed by atoms with van der Waals surface area (Å²) in [5.41, 5.74) is 1.13. The van der Waals surface area contributed by atoms with Crippen LogP contribution in [0.2, 0.25) is 0 Å². The lowest BCUT2D eigenvalue weighted by Gasteiger charge is -1.92. The zero-order valence-corrected chi connectivity index (χ0v) is 6.41. The lowest BCUT2D eigenvalue weighted by molar-refractivity contribution is 0.834. The molecule has 0 aliphatic rings.